The molecule has 1 aliphatic heterocycles. The van der Waals surface area contributed by atoms with E-state index in [1.54, 1.807) is 12.1 Å². The Morgan fingerprint density at radius 3 is 2.38 bits per heavy atom. The van der Waals surface area contributed by atoms with Crippen LogP contribution in [0.3, 0.4) is 0 Å². The molecule has 3 aromatic rings. The van der Waals surface area contributed by atoms with E-state index in [2.05, 4.69) is 47.6 Å². The van der Waals surface area contributed by atoms with Crippen molar-refractivity contribution in [2.24, 2.45) is 0 Å². The van der Waals surface area contributed by atoms with Gasteiger partial charge in [0.2, 0.25) is 5.88 Å². The van der Waals surface area contributed by atoms with Crippen molar-refractivity contribution in [1.82, 2.24) is 10.3 Å². The van der Waals surface area contributed by atoms with E-state index in [0.29, 0.717) is 5.88 Å². The summed E-state index contributed by atoms with van der Waals surface area (Å²) in [6.07, 6.45) is 3.97. The fourth-order valence-electron chi connectivity index (χ4n) is 3.81. The monoisotopic (exact) mass is 386 g/mol. The molecule has 0 radical (unpaired) electrons. The summed E-state index contributed by atoms with van der Waals surface area (Å²) in [7, 11) is 0. The Kier molecular flexibility index (Phi) is 5.92. The van der Waals surface area contributed by atoms with Crippen LogP contribution >= 0.6 is 0 Å². The minimum atomic E-state index is 0.191. The zero-order chi connectivity index (χ0) is 20.1. The van der Waals surface area contributed by atoms with Crippen molar-refractivity contribution < 1.29 is 9.84 Å². The molecule has 0 amide bonds. The predicted octanol–water partition coefficient (Wildman–Crippen LogP) is 4.90. The Morgan fingerprint density at radius 2 is 1.76 bits per heavy atom. The summed E-state index contributed by atoms with van der Waals surface area (Å²) >= 11 is 0. The van der Waals surface area contributed by atoms with Crippen molar-refractivity contribution in [3.05, 3.63) is 89.6 Å². The molecule has 1 aliphatic rings. The van der Waals surface area contributed by atoms with Gasteiger partial charge >= 0.3 is 0 Å². The number of aromatic nitrogens is 1. The highest BCUT2D eigenvalue weighted by atomic mass is 16.5. The van der Waals surface area contributed by atoms with Gasteiger partial charge < -0.3 is 15.2 Å². The molecular formula is C25H26N2O2. The number of hydrogen-bond acceptors (Lipinski definition) is 4. The molecule has 0 bridgehead atoms. The highest BCUT2D eigenvalue weighted by Gasteiger charge is 2.17. The number of nitrogens with one attached hydrogen (secondary N) is 1. The second-order valence-electron chi connectivity index (χ2n) is 7.24. The zero-order valence-electron chi connectivity index (χ0n) is 16.6. The second kappa shape index (κ2) is 8.93. The third-order valence-corrected chi connectivity index (χ3v) is 5.26. The van der Waals surface area contributed by atoms with Gasteiger partial charge in [-0.25, -0.2) is 4.98 Å². The largest absolute Gasteiger partial charge is 0.508 e. The quantitative estimate of drug-likeness (QED) is 0.592. The predicted molar refractivity (Wildman–Crippen MR) is 117 cm³/mol. The SMILES string of the molecule is CC/C(=C(\c1ccc(O)cc1)c1ccc(O[C@H]2CCNC2)nc1)c1ccccc1. The van der Waals surface area contributed by atoms with E-state index >= 15 is 0 Å². The lowest BCUT2D eigenvalue weighted by Crippen LogP contribution is -2.20. The van der Waals surface area contributed by atoms with Crippen molar-refractivity contribution in [2.75, 3.05) is 13.1 Å². The molecular weight excluding hydrogens is 360 g/mol. The molecule has 2 heterocycles. The topological polar surface area (TPSA) is 54.4 Å². The summed E-state index contributed by atoms with van der Waals surface area (Å²) in [5.74, 6) is 0.920. The summed E-state index contributed by atoms with van der Waals surface area (Å²) in [5.41, 5.74) is 5.65. The van der Waals surface area contributed by atoms with Crippen molar-refractivity contribution in [2.45, 2.75) is 25.9 Å². The van der Waals surface area contributed by atoms with Crippen molar-refractivity contribution in [1.29, 1.82) is 0 Å². The van der Waals surface area contributed by atoms with Crippen LogP contribution in [0, 0.1) is 0 Å². The van der Waals surface area contributed by atoms with Crippen LogP contribution in [0.1, 0.15) is 36.5 Å². The van der Waals surface area contributed by atoms with Gasteiger partial charge in [0.1, 0.15) is 11.9 Å². The van der Waals surface area contributed by atoms with E-state index in [1.165, 1.54) is 11.1 Å². The van der Waals surface area contributed by atoms with E-state index in [0.717, 1.165) is 42.6 Å². The highest BCUT2D eigenvalue weighted by molar-refractivity contribution is 5.98. The number of aromatic hydroxyl groups is 1. The minimum Gasteiger partial charge on any atom is -0.508 e. The van der Waals surface area contributed by atoms with Crippen LogP contribution in [0.2, 0.25) is 0 Å². The number of phenolic OH excluding ortho intramolecular Hbond substituents is 1. The lowest BCUT2D eigenvalue weighted by Gasteiger charge is -2.17. The lowest BCUT2D eigenvalue weighted by atomic mass is 9.89. The van der Waals surface area contributed by atoms with Crippen LogP contribution in [0.15, 0.2) is 72.9 Å². The Morgan fingerprint density at radius 1 is 1.00 bits per heavy atom. The minimum absolute atomic E-state index is 0.191. The molecule has 1 aromatic heterocycles. The molecule has 0 spiro atoms. The summed E-state index contributed by atoms with van der Waals surface area (Å²) < 4.78 is 5.98. The Hall–Kier alpha value is -3.11. The van der Waals surface area contributed by atoms with Gasteiger partial charge in [0.05, 0.1) is 0 Å². The third-order valence-electron chi connectivity index (χ3n) is 5.26. The lowest BCUT2D eigenvalue weighted by molar-refractivity contribution is 0.214. The molecule has 1 saturated heterocycles. The first-order valence-electron chi connectivity index (χ1n) is 10.2. The first-order valence-corrected chi connectivity index (χ1v) is 10.2. The number of pyridine rings is 1. The van der Waals surface area contributed by atoms with E-state index in [-0.39, 0.29) is 11.9 Å². The molecule has 0 aliphatic carbocycles. The average molecular weight is 386 g/mol. The molecule has 29 heavy (non-hydrogen) atoms. The van der Waals surface area contributed by atoms with Crippen LogP contribution in [0.4, 0.5) is 0 Å². The first-order chi connectivity index (χ1) is 14.2. The van der Waals surface area contributed by atoms with Gasteiger partial charge in [-0.2, -0.15) is 0 Å². The summed E-state index contributed by atoms with van der Waals surface area (Å²) in [4.78, 5) is 4.58. The van der Waals surface area contributed by atoms with Crippen LogP contribution < -0.4 is 10.1 Å². The maximum absolute atomic E-state index is 9.74. The Balaban J connectivity index is 1.76. The molecule has 1 fully saturated rings. The van der Waals surface area contributed by atoms with Crippen molar-refractivity contribution in [3.63, 3.8) is 0 Å². The fraction of sp³-hybridized carbons (Fsp3) is 0.240. The normalized spacial score (nSPS) is 17.1. The summed E-state index contributed by atoms with van der Waals surface area (Å²) in [6.45, 7) is 4.03. The van der Waals surface area contributed by atoms with Gasteiger partial charge in [-0.15, -0.1) is 0 Å². The maximum atomic E-state index is 9.74. The van der Waals surface area contributed by atoms with Gasteiger partial charge in [-0.05, 0) is 59.9 Å². The molecule has 4 rings (SSSR count). The summed E-state index contributed by atoms with van der Waals surface area (Å²) in [5, 5.41) is 13.1. The van der Waals surface area contributed by atoms with Gasteiger partial charge in [0.25, 0.3) is 0 Å². The first kappa shape index (κ1) is 19.2. The van der Waals surface area contributed by atoms with Crippen LogP contribution in [-0.4, -0.2) is 29.3 Å². The molecule has 2 aromatic carbocycles. The Bertz CT molecular complexity index is 958. The number of ether oxygens (including phenoxy) is 1. The van der Waals surface area contributed by atoms with Crippen LogP contribution in [-0.2, 0) is 0 Å². The number of nitrogens with zero attached hydrogens (tertiary/aromatic N) is 1. The number of benzene rings is 2. The third kappa shape index (κ3) is 4.49. The van der Waals surface area contributed by atoms with Crippen molar-refractivity contribution in [3.8, 4) is 11.6 Å². The smallest absolute Gasteiger partial charge is 0.213 e. The number of hydrogen-bond donors (Lipinski definition) is 2. The second-order valence-corrected chi connectivity index (χ2v) is 7.24. The molecule has 0 unspecified atom stereocenters. The van der Waals surface area contributed by atoms with Crippen LogP contribution in [0.25, 0.3) is 11.1 Å². The van der Waals surface area contributed by atoms with Gasteiger partial charge in [0, 0.05) is 24.4 Å². The number of phenols is 1. The van der Waals surface area contributed by atoms with E-state index in [4.69, 9.17) is 4.74 Å². The molecule has 4 heteroatoms. The van der Waals surface area contributed by atoms with Crippen LogP contribution in [0.5, 0.6) is 11.6 Å². The summed E-state index contributed by atoms with van der Waals surface area (Å²) in [6, 6.07) is 21.8. The fourth-order valence-corrected chi connectivity index (χ4v) is 3.81. The van der Waals surface area contributed by atoms with E-state index in [1.807, 2.05) is 30.5 Å². The Labute approximate surface area is 171 Å². The molecule has 0 saturated carbocycles. The molecule has 1 atom stereocenters. The zero-order valence-corrected chi connectivity index (χ0v) is 16.6. The van der Waals surface area contributed by atoms with Gasteiger partial charge in [0.15, 0.2) is 0 Å². The maximum Gasteiger partial charge on any atom is 0.213 e. The average Bonchev–Trinajstić information content (AvgIpc) is 3.27. The van der Waals surface area contributed by atoms with E-state index < -0.39 is 0 Å². The van der Waals surface area contributed by atoms with E-state index in [9.17, 15) is 5.11 Å². The molecule has 148 valence electrons. The van der Waals surface area contributed by atoms with Gasteiger partial charge in [-0.1, -0.05) is 49.4 Å². The van der Waals surface area contributed by atoms with Gasteiger partial charge in [-0.3, -0.25) is 0 Å². The number of allylic oxidation sites excluding steroid dienone is 1. The molecule has 2 N–H and O–H groups in total. The highest BCUT2D eigenvalue weighted by Crippen LogP contribution is 2.35. The number of rotatable bonds is 6. The van der Waals surface area contributed by atoms with Crippen molar-refractivity contribution >= 4 is 11.1 Å². The standard InChI is InChI=1S/C25H26N2O2/c1-2-23(18-6-4-3-5-7-18)25(19-8-11-21(28)12-9-19)20-10-13-24(27-16-20)29-22-14-15-26-17-22/h3-13,16,22,26,28H,2,14-15,17H2,1H3/b25-23-/t22-/m0/s1. The molecule has 4 nitrogen and oxygen atoms in total.